The van der Waals surface area contributed by atoms with Crippen LogP contribution in [0.25, 0.3) is 0 Å². The molecule has 2 fully saturated rings. The Morgan fingerprint density at radius 1 is 1.10 bits per heavy atom. The Kier molecular flexibility index (Phi) is 16.3. The van der Waals surface area contributed by atoms with E-state index in [1.807, 2.05) is 12.1 Å². The third-order valence-electron chi connectivity index (χ3n) is 6.56. The maximum Gasteiger partial charge on any atom is 0.275 e. The highest BCUT2D eigenvalue weighted by atomic mass is 35.5. The monoisotopic (exact) mass is 640 g/mol. The topological polar surface area (TPSA) is 117 Å². The van der Waals surface area contributed by atoms with E-state index in [0.717, 1.165) is 49.8 Å². The quantitative estimate of drug-likeness (QED) is 0.319. The van der Waals surface area contributed by atoms with E-state index in [2.05, 4.69) is 30.7 Å². The Hall–Kier alpha value is -1.74. The number of aromatic nitrogens is 1. The van der Waals surface area contributed by atoms with Crippen molar-refractivity contribution in [2.75, 3.05) is 77.4 Å². The van der Waals surface area contributed by atoms with Crippen LogP contribution in [-0.4, -0.2) is 101 Å². The lowest BCUT2D eigenvalue weighted by molar-refractivity contribution is 0.0135. The lowest BCUT2D eigenvalue weighted by Gasteiger charge is -2.32. The molecular formula is C25H39Cl3N6O5S. The number of thiazole rings is 1. The van der Waals surface area contributed by atoms with Crippen LogP contribution in [-0.2, 0) is 20.8 Å². The fraction of sp³-hybridized carbons (Fsp3) is 0.560. The molecule has 1 aromatic heterocycles. The number of carbonyl (C=O) groups excluding carboxylic acids is 2. The molecule has 4 rings (SSSR count). The molecule has 0 aliphatic carbocycles. The first kappa shape index (κ1) is 36.3. The average molecular weight is 642 g/mol. The number of carbonyl (C=O) groups is 2. The van der Waals surface area contributed by atoms with E-state index in [-0.39, 0.29) is 61.4 Å². The van der Waals surface area contributed by atoms with Gasteiger partial charge < -0.3 is 29.7 Å². The van der Waals surface area contributed by atoms with Crippen LogP contribution in [0.1, 0.15) is 32.8 Å². The molecule has 2 aromatic rings. The number of hydrogen-bond donors (Lipinski definition) is 3. The summed E-state index contributed by atoms with van der Waals surface area (Å²) in [5.74, 6) is -0.625. The van der Waals surface area contributed by atoms with Crippen molar-refractivity contribution in [1.29, 1.82) is 0 Å². The van der Waals surface area contributed by atoms with Gasteiger partial charge in [0.2, 0.25) is 0 Å². The molecule has 0 bridgehead atoms. The van der Waals surface area contributed by atoms with Gasteiger partial charge in [0.05, 0.1) is 24.0 Å². The highest BCUT2D eigenvalue weighted by Gasteiger charge is 2.26. The molecule has 2 aliphatic heterocycles. The van der Waals surface area contributed by atoms with Crippen molar-refractivity contribution in [3.8, 4) is 0 Å². The lowest BCUT2D eigenvalue weighted by atomic mass is 10.1. The molecule has 226 valence electrons. The van der Waals surface area contributed by atoms with Gasteiger partial charge in [-0.1, -0.05) is 6.07 Å². The Bertz CT molecular complexity index is 1080. The number of halogens is 3. The largest absolute Gasteiger partial charge is 0.383 e. The van der Waals surface area contributed by atoms with Crippen molar-refractivity contribution in [3.05, 3.63) is 40.4 Å². The van der Waals surface area contributed by atoms with Gasteiger partial charge in [-0.25, -0.2) is 4.98 Å². The summed E-state index contributed by atoms with van der Waals surface area (Å²) in [5, 5.41) is 11.6. The summed E-state index contributed by atoms with van der Waals surface area (Å²) in [4.78, 5) is 35.1. The van der Waals surface area contributed by atoms with Gasteiger partial charge >= 0.3 is 0 Å². The number of nitrogens with one attached hydrogen (secondary N) is 3. The van der Waals surface area contributed by atoms with E-state index in [9.17, 15) is 9.59 Å². The van der Waals surface area contributed by atoms with Gasteiger partial charge in [-0.3, -0.25) is 19.8 Å². The van der Waals surface area contributed by atoms with E-state index < -0.39 is 0 Å². The van der Waals surface area contributed by atoms with Crippen LogP contribution in [0.2, 0.25) is 0 Å². The van der Waals surface area contributed by atoms with Crippen LogP contribution >= 0.6 is 48.6 Å². The summed E-state index contributed by atoms with van der Waals surface area (Å²) in [6.07, 6.45) is 1.10. The third kappa shape index (κ3) is 9.68. The zero-order valence-corrected chi connectivity index (χ0v) is 26.1. The Morgan fingerprint density at radius 2 is 1.90 bits per heavy atom. The first-order valence-corrected chi connectivity index (χ1v) is 13.3. The summed E-state index contributed by atoms with van der Waals surface area (Å²) < 4.78 is 15.9. The Morgan fingerprint density at radius 3 is 2.60 bits per heavy atom. The molecule has 40 heavy (non-hydrogen) atoms. The van der Waals surface area contributed by atoms with E-state index in [0.29, 0.717) is 36.6 Å². The summed E-state index contributed by atoms with van der Waals surface area (Å²) in [7, 11) is 4.98. The first-order chi connectivity index (χ1) is 18.0. The molecule has 2 aliphatic rings. The molecule has 3 N–H and O–H groups in total. The number of piperazine rings is 1. The number of methoxy groups -OCH3 is 3. The zero-order valence-electron chi connectivity index (χ0n) is 22.8. The molecule has 2 amide bonds. The Balaban J connectivity index is 0.00000267. The van der Waals surface area contributed by atoms with Crippen LogP contribution in [0.5, 0.6) is 0 Å². The fourth-order valence-electron chi connectivity index (χ4n) is 4.48. The average Bonchev–Trinajstić information content (AvgIpc) is 3.60. The minimum atomic E-state index is -0.353. The van der Waals surface area contributed by atoms with E-state index in [1.54, 1.807) is 32.8 Å². The highest BCUT2D eigenvalue weighted by Crippen LogP contribution is 2.26. The van der Waals surface area contributed by atoms with Crippen molar-refractivity contribution in [2.45, 2.75) is 25.3 Å². The number of ether oxygens (including phenoxy) is 3. The predicted molar refractivity (Wildman–Crippen MR) is 164 cm³/mol. The van der Waals surface area contributed by atoms with Crippen LogP contribution in [0.3, 0.4) is 0 Å². The molecule has 15 heteroatoms. The SMILES string of the molecule is COCCNC(=O)c1cc(CN2CCN[C@@H](OC)C2)ccc1NC(=O)c1csc(N2CC[C@H](OC)C2)n1.Cl.Cl.Cl. The second-order valence-electron chi connectivity index (χ2n) is 9.10. The molecule has 0 spiro atoms. The smallest absolute Gasteiger partial charge is 0.275 e. The fourth-order valence-corrected chi connectivity index (χ4v) is 5.32. The second kappa shape index (κ2) is 17.9. The molecule has 3 heterocycles. The summed E-state index contributed by atoms with van der Waals surface area (Å²) >= 11 is 1.43. The second-order valence-corrected chi connectivity index (χ2v) is 9.94. The van der Waals surface area contributed by atoms with Crippen LogP contribution in [0.4, 0.5) is 10.8 Å². The van der Waals surface area contributed by atoms with Crippen molar-refractivity contribution in [3.63, 3.8) is 0 Å². The lowest BCUT2D eigenvalue weighted by Crippen LogP contribution is -2.50. The molecule has 1 aromatic carbocycles. The molecule has 0 radical (unpaired) electrons. The number of hydrogen-bond acceptors (Lipinski definition) is 10. The molecule has 11 nitrogen and oxygen atoms in total. The third-order valence-corrected chi connectivity index (χ3v) is 7.46. The first-order valence-electron chi connectivity index (χ1n) is 12.4. The van der Waals surface area contributed by atoms with E-state index in [4.69, 9.17) is 14.2 Å². The molecular weight excluding hydrogens is 603 g/mol. The number of rotatable bonds is 11. The molecule has 2 atom stereocenters. The summed E-state index contributed by atoms with van der Waals surface area (Å²) in [5.41, 5.74) is 2.14. The van der Waals surface area contributed by atoms with Gasteiger partial charge in [-0.05, 0) is 24.1 Å². The van der Waals surface area contributed by atoms with Gasteiger partial charge in [0.25, 0.3) is 11.8 Å². The van der Waals surface area contributed by atoms with Gasteiger partial charge in [0.15, 0.2) is 5.13 Å². The highest BCUT2D eigenvalue weighted by molar-refractivity contribution is 7.14. The van der Waals surface area contributed by atoms with Crippen molar-refractivity contribution < 1.29 is 23.8 Å². The number of nitrogens with zero attached hydrogens (tertiary/aromatic N) is 3. The maximum atomic E-state index is 13.1. The minimum Gasteiger partial charge on any atom is -0.383 e. The zero-order chi connectivity index (χ0) is 26.2. The van der Waals surface area contributed by atoms with Crippen molar-refractivity contribution in [2.24, 2.45) is 0 Å². The normalized spacial score (nSPS) is 18.7. The number of anilines is 2. The minimum absolute atomic E-state index is 0. The predicted octanol–water partition coefficient (Wildman–Crippen LogP) is 2.64. The van der Waals surface area contributed by atoms with Crippen LogP contribution in [0, 0.1) is 0 Å². The van der Waals surface area contributed by atoms with Crippen LogP contribution < -0.4 is 20.9 Å². The Labute approximate surface area is 257 Å². The van der Waals surface area contributed by atoms with E-state index in [1.165, 1.54) is 11.3 Å². The van der Waals surface area contributed by atoms with Gasteiger partial charge in [0.1, 0.15) is 11.9 Å². The molecule has 0 unspecified atom stereocenters. The standard InChI is InChI=1S/C25H36N6O5S.3ClH/c1-34-11-8-27-23(32)19-12-17(13-30-10-7-26-22(15-30)36-3)4-5-20(19)28-24(33)21-16-37-25(29-21)31-9-6-18(14-31)35-2;;;/h4-5,12,16,18,22,26H,6-11,13-15H2,1-3H3,(H,27,32)(H,28,33);3*1H/t18-,22-;;;/m0.../s1. The van der Waals surface area contributed by atoms with Gasteiger partial charge in [0, 0.05) is 72.5 Å². The summed E-state index contributed by atoms with van der Waals surface area (Å²) in [6, 6.07) is 5.56. The number of benzene rings is 1. The van der Waals surface area contributed by atoms with Gasteiger partial charge in [-0.2, -0.15) is 0 Å². The van der Waals surface area contributed by atoms with Crippen LogP contribution in [0.15, 0.2) is 23.6 Å². The molecule has 2 saturated heterocycles. The molecule has 0 saturated carbocycles. The van der Waals surface area contributed by atoms with Gasteiger partial charge in [-0.15, -0.1) is 48.6 Å². The van der Waals surface area contributed by atoms with Crippen molar-refractivity contribution >= 4 is 71.2 Å². The van der Waals surface area contributed by atoms with Crippen molar-refractivity contribution in [1.82, 2.24) is 20.5 Å². The van der Waals surface area contributed by atoms with E-state index >= 15 is 0 Å². The number of amides is 2. The maximum absolute atomic E-state index is 13.1. The summed E-state index contributed by atoms with van der Waals surface area (Å²) in [6.45, 7) is 5.50.